The Kier molecular flexibility index (Phi) is 6.22. The maximum absolute atomic E-state index is 11.8. The molecule has 6 heteroatoms. The van der Waals surface area contributed by atoms with Crippen LogP contribution in [-0.2, 0) is 4.74 Å². The first kappa shape index (κ1) is 14.7. The van der Waals surface area contributed by atoms with Gasteiger partial charge in [0.1, 0.15) is 6.61 Å². The van der Waals surface area contributed by atoms with Crippen molar-refractivity contribution in [3.8, 4) is 0 Å². The molecule has 1 aliphatic rings. The third-order valence-corrected chi connectivity index (χ3v) is 2.77. The number of halogens is 3. The number of alkyl halides is 3. The van der Waals surface area contributed by atoms with Gasteiger partial charge in [0.2, 0.25) is 0 Å². The molecule has 0 aliphatic carbocycles. The van der Waals surface area contributed by atoms with E-state index in [4.69, 9.17) is 0 Å². The zero-order valence-corrected chi connectivity index (χ0v) is 10.2. The predicted molar refractivity (Wildman–Crippen MR) is 60.0 cm³/mol. The van der Waals surface area contributed by atoms with Gasteiger partial charge in [0.05, 0.1) is 6.61 Å². The largest absolute Gasteiger partial charge is 0.411 e. The standard InChI is InChI=1S/C11H21F3N2O/c1-2-4-15-10-3-5-16(8-10)6-7-17-9-11(12,13)14/h10,15H,2-9H2,1H3. The average Bonchev–Trinajstić information content (AvgIpc) is 2.68. The lowest BCUT2D eigenvalue weighted by atomic mass is 10.2. The monoisotopic (exact) mass is 254 g/mol. The summed E-state index contributed by atoms with van der Waals surface area (Å²) < 4.78 is 40.0. The summed E-state index contributed by atoms with van der Waals surface area (Å²) in [6.07, 6.45) is -2.04. The van der Waals surface area contributed by atoms with Crippen molar-refractivity contribution in [2.45, 2.75) is 32.0 Å². The summed E-state index contributed by atoms with van der Waals surface area (Å²) in [4.78, 5) is 2.14. The van der Waals surface area contributed by atoms with Gasteiger partial charge in [0, 0.05) is 19.1 Å². The average molecular weight is 254 g/mol. The third-order valence-electron chi connectivity index (χ3n) is 2.77. The highest BCUT2D eigenvalue weighted by Gasteiger charge is 2.27. The van der Waals surface area contributed by atoms with Crippen LogP contribution < -0.4 is 5.32 Å². The molecule has 1 unspecified atom stereocenters. The quantitative estimate of drug-likeness (QED) is 0.699. The van der Waals surface area contributed by atoms with Crippen LogP contribution in [0.25, 0.3) is 0 Å². The molecule has 1 atom stereocenters. The predicted octanol–water partition coefficient (Wildman–Crippen LogP) is 1.64. The van der Waals surface area contributed by atoms with Crippen LogP contribution in [0.2, 0.25) is 0 Å². The minimum atomic E-state index is -4.21. The second kappa shape index (κ2) is 7.18. The third kappa shape index (κ3) is 6.85. The Morgan fingerprint density at radius 3 is 2.82 bits per heavy atom. The van der Waals surface area contributed by atoms with Crippen LogP contribution >= 0.6 is 0 Å². The number of nitrogens with zero attached hydrogens (tertiary/aromatic N) is 1. The van der Waals surface area contributed by atoms with Gasteiger partial charge in [-0.05, 0) is 25.9 Å². The molecule has 0 aromatic rings. The van der Waals surface area contributed by atoms with Gasteiger partial charge in [-0.15, -0.1) is 0 Å². The summed E-state index contributed by atoms with van der Waals surface area (Å²) in [5.74, 6) is 0. The second-order valence-corrected chi connectivity index (χ2v) is 4.41. The normalized spacial score (nSPS) is 22.2. The van der Waals surface area contributed by atoms with Crippen molar-refractivity contribution in [2.24, 2.45) is 0 Å². The highest BCUT2D eigenvalue weighted by molar-refractivity contribution is 4.80. The van der Waals surface area contributed by atoms with Gasteiger partial charge in [0.15, 0.2) is 0 Å². The van der Waals surface area contributed by atoms with Crippen molar-refractivity contribution in [2.75, 3.05) is 39.4 Å². The van der Waals surface area contributed by atoms with Crippen LogP contribution in [-0.4, -0.2) is 56.5 Å². The summed E-state index contributed by atoms with van der Waals surface area (Å²) in [6, 6.07) is 0.484. The van der Waals surface area contributed by atoms with Gasteiger partial charge in [-0.1, -0.05) is 6.92 Å². The van der Waals surface area contributed by atoms with Crippen LogP contribution in [0, 0.1) is 0 Å². The van der Waals surface area contributed by atoms with E-state index in [2.05, 4.69) is 21.9 Å². The van der Waals surface area contributed by atoms with Crippen molar-refractivity contribution in [3.63, 3.8) is 0 Å². The molecule has 1 saturated heterocycles. The highest BCUT2D eigenvalue weighted by atomic mass is 19.4. The van der Waals surface area contributed by atoms with E-state index < -0.39 is 12.8 Å². The molecule has 1 aliphatic heterocycles. The van der Waals surface area contributed by atoms with E-state index in [0.29, 0.717) is 12.6 Å². The molecule has 3 nitrogen and oxygen atoms in total. The van der Waals surface area contributed by atoms with Crippen LogP contribution in [0.3, 0.4) is 0 Å². The molecule has 17 heavy (non-hydrogen) atoms. The maximum Gasteiger partial charge on any atom is 0.411 e. The van der Waals surface area contributed by atoms with Crippen molar-refractivity contribution in [1.82, 2.24) is 10.2 Å². The molecule has 1 N–H and O–H groups in total. The molecule has 0 aromatic carbocycles. The van der Waals surface area contributed by atoms with Crippen molar-refractivity contribution >= 4 is 0 Å². The Balaban J connectivity index is 2.02. The molecule has 0 aromatic heterocycles. The Morgan fingerprint density at radius 2 is 2.18 bits per heavy atom. The Hall–Kier alpha value is -0.330. The van der Waals surface area contributed by atoms with Crippen LogP contribution in [0.15, 0.2) is 0 Å². The fraction of sp³-hybridized carbons (Fsp3) is 1.00. The van der Waals surface area contributed by atoms with E-state index in [-0.39, 0.29) is 6.61 Å². The molecule has 102 valence electrons. The summed E-state index contributed by atoms with van der Waals surface area (Å²) in [6.45, 7) is 4.57. The van der Waals surface area contributed by atoms with Gasteiger partial charge in [0.25, 0.3) is 0 Å². The smallest absolute Gasteiger partial charge is 0.371 e. The fourth-order valence-electron chi connectivity index (χ4n) is 1.93. The number of hydrogen-bond acceptors (Lipinski definition) is 3. The minimum Gasteiger partial charge on any atom is -0.371 e. The van der Waals surface area contributed by atoms with Crippen LogP contribution in [0.4, 0.5) is 13.2 Å². The molecule has 0 saturated carbocycles. The molecule has 1 heterocycles. The number of ether oxygens (including phenoxy) is 1. The SMILES string of the molecule is CCCNC1CCN(CCOCC(F)(F)F)C1. The lowest BCUT2D eigenvalue weighted by Gasteiger charge is -2.16. The number of likely N-dealkylation sites (tertiary alicyclic amines) is 1. The molecule has 0 spiro atoms. The first-order valence-corrected chi connectivity index (χ1v) is 6.11. The molecule has 0 radical (unpaired) electrons. The Bertz CT molecular complexity index is 211. The van der Waals surface area contributed by atoms with E-state index in [1.807, 2.05) is 0 Å². The lowest BCUT2D eigenvalue weighted by Crippen LogP contribution is -2.34. The van der Waals surface area contributed by atoms with E-state index in [9.17, 15) is 13.2 Å². The molecular formula is C11H21F3N2O. The van der Waals surface area contributed by atoms with Gasteiger partial charge in [-0.25, -0.2) is 0 Å². The van der Waals surface area contributed by atoms with E-state index in [0.717, 1.165) is 32.5 Å². The minimum absolute atomic E-state index is 0.153. The fourth-order valence-corrected chi connectivity index (χ4v) is 1.93. The summed E-state index contributed by atoms with van der Waals surface area (Å²) in [7, 11) is 0. The summed E-state index contributed by atoms with van der Waals surface area (Å²) in [5.41, 5.74) is 0. The first-order valence-electron chi connectivity index (χ1n) is 6.11. The van der Waals surface area contributed by atoms with Crippen molar-refractivity contribution < 1.29 is 17.9 Å². The topological polar surface area (TPSA) is 24.5 Å². The molecular weight excluding hydrogens is 233 g/mol. The van der Waals surface area contributed by atoms with Crippen molar-refractivity contribution in [1.29, 1.82) is 0 Å². The first-order chi connectivity index (χ1) is 8.01. The van der Waals surface area contributed by atoms with Gasteiger partial charge in [-0.2, -0.15) is 13.2 Å². The number of nitrogens with one attached hydrogen (secondary N) is 1. The number of hydrogen-bond donors (Lipinski definition) is 1. The van der Waals surface area contributed by atoms with E-state index in [1.54, 1.807) is 0 Å². The van der Waals surface area contributed by atoms with Crippen LogP contribution in [0.5, 0.6) is 0 Å². The summed E-state index contributed by atoms with van der Waals surface area (Å²) >= 11 is 0. The molecule has 1 fully saturated rings. The van der Waals surface area contributed by atoms with E-state index >= 15 is 0 Å². The van der Waals surface area contributed by atoms with Crippen LogP contribution in [0.1, 0.15) is 19.8 Å². The lowest BCUT2D eigenvalue weighted by molar-refractivity contribution is -0.174. The number of rotatable bonds is 7. The van der Waals surface area contributed by atoms with E-state index in [1.165, 1.54) is 0 Å². The Morgan fingerprint density at radius 1 is 1.41 bits per heavy atom. The Labute approximate surface area is 100 Å². The molecule has 0 amide bonds. The van der Waals surface area contributed by atoms with Gasteiger partial charge < -0.3 is 10.1 Å². The second-order valence-electron chi connectivity index (χ2n) is 4.41. The van der Waals surface area contributed by atoms with Crippen molar-refractivity contribution in [3.05, 3.63) is 0 Å². The summed E-state index contributed by atoms with van der Waals surface area (Å²) in [5, 5.41) is 3.41. The zero-order chi connectivity index (χ0) is 12.7. The maximum atomic E-state index is 11.8. The highest BCUT2D eigenvalue weighted by Crippen LogP contribution is 2.14. The van der Waals surface area contributed by atoms with Gasteiger partial charge in [-0.3, -0.25) is 4.90 Å². The van der Waals surface area contributed by atoms with Gasteiger partial charge >= 0.3 is 6.18 Å². The zero-order valence-electron chi connectivity index (χ0n) is 10.2. The molecule has 1 rings (SSSR count). The molecule has 0 bridgehead atoms.